The zero-order chi connectivity index (χ0) is 14.6. The molecule has 0 bridgehead atoms. The van der Waals surface area contributed by atoms with Crippen molar-refractivity contribution in [1.29, 1.82) is 0 Å². The van der Waals surface area contributed by atoms with E-state index >= 15 is 0 Å². The molecule has 1 atom stereocenters. The minimum absolute atomic E-state index is 0.653. The normalized spacial score (nSPS) is 12.8. The predicted octanol–water partition coefficient (Wildman–Crippen LogP) is 4.08. The first-order chi connectivity index (χ1) is 9.77. The summed E-state index contributed by atoms with van der Waals surface area (Å²) < 4.78 is 1.99. The Kier molecular flexibility index (Phi) is 9.38. The van der Waals surface area contributed by atoms with Gasteiger partial charge in [-0.3, -0.25) is 4.68 Å². The first kappa shape index (κ1) is 17.2. The van der Waals surface area contributed by atoms with Crippen molar-refractivity contribution in [3.63, 3.8) is 0 Å². The molecule has 0 aliphatic rings. The maximum absolute atomic E-state index is 4.23. The van der Waals surface area contributed by atoms with Gasteiger partial charge in [0.05, 0.1) is 0 Å². The topological polar surface area (TPSA) is 29.9 Å². The van der Waals surface area contributed by atoms with Crippen LogP contribution in [0.25, 0.3) is 0 Å². The van der Waals surface area contributed by atoms with Crippen molar-refractivity contribution in [2.45, 2.75) is 77.2 Å². The Morgan fingerprint density at radius 3 is 2.40 bits per heavy atom. The summed E-state index contributed by atoms with van der Waals surface area (Å²) in [4.78, 5) is 0. The van der Waals surface area contributed by atoms with Crippen molar-refractivity contribution in [1.82, 2.24) is 15.1 Å². The zero-order valence-corrected chi connectivity index (χ0v) is 13.7. The van der Waals surface area contributed by atoms with Gasteiger partial charge in [-0.15, -0.1) is 0 Å². The minimum atomic E-state index is 0.653. The standard InChI is InChI=1S/C17H33N3/c1-4-5-6-7-8-9-10-11-16(18-2)12-13-17-14-15-19-20(17)3/h14-16,18H,4-13H2,1-3H3. The second kappa shape index (κ2) is 10.9. The van der Waals surface area contributed by atoms with Gasteiger partial charge in [0.1, 0.15) is 0 Å². The van der Waals surface area contributed by atoms with Crippen molar-refractivity contribution in [3.05, 3.63) is 18.0 Å². The van der Waals surface area contributed by atoms with E-state index in [1.54, 1.807) is 0 Å². The third-order valence-electron chi connectivity index (χ3n) is 4.24. The lowest BCUT2D eigenvalue weighted by molar-refractivity contribution is 0.452. The van der Waals surface area contributed by atoms with E-state index in [2.05, 4.69) is 30.5 Å². The van der Waals surface area contributed by atoms with Gasteiger partial charge in [-0.2, -0.15) is 5.10 Å². The highest BCUT2D eigenvalue weighted by Crippen LogP contribution is 2.12. The molecule has 0 radical (unpaired) electrons. The van der Waals surface area contributed by atoms with Crippen LogP contribution < -0.4 is 5.32 Å². The smallest absolute Gasteiger partial charge is 0.0492 e. The largest absolute Gasteiger partial charge is 0.317 e. The lowest BCUT2D eigenvalue weighted by Crippen LogP contribution is -2.26. The van der Waals surface area contributed by atoms with Gasteiger partial charge in [-0.05, 0) is 32.4 Å². The molecular weight excluding hydrogens is 246 g/mol. The Morgan fingerprint density at radius 2 is 1.80 bits per heavy atom. The third kappa shape index (κ3) is 7.09. The summed E-state index contributed by atoms with van der Waals surface area (Å²) in [7, 11) is 4.12. The molecule has 1 aromatic heterocycles. The van der Waals surface area contributed by atoms with E-state index in [0.717, 1.165) is 6.42 Å². The van der Waals surface area contributed by atoms with E-state index in [0.29, 0.717) is 6.04 Å². The summed E-state index contributed by atoms with van der Waals surface area (Å²) in [5.41, 5.74) is 1.34. The number of rotatable bonds is 12. The molecule has 0 aromatic carbocycles. The Morgan fingerprint density at radius 1 is 1.10 bits per heavy atom. The molecule has 0 spiro atoms. The molecule has 0 fully saturated rings. The van der Waals surface area contributed by atoms with E-state index in [4.69, 9.17) is 0 Å². The second-order valence-corrected chi connectivity index (χ2v) is 5.88. The van der Waals surface area contributed by atoms with Gasteiger partial charge in [0, 0.05) is 25.0 Å². The van der Waals surface area contributed by atoms with E-state index in [1.165, 1.54) is 63.5 Å². The maximum atomic E-state index is 4.23. The number of unbranched alkanes of at least 4 members (excludes halogenated alkanes) is 6. The van der Waals surface area contributed by atoms with E-state index in [9.17, 15) is 0 Å². The highest BCUT2D eigenvalue weighted by atomic mass is 15.2. The van der Waals surface area contributed by atoms with Crippen LogP contribution in [0.4, 0.5) is 0 Å². The summed E-state index contributed by atoms with van der Waals surface area (Å²) in [6.45, 7) is 2.28. The van der Waals surface area contributed by atoms with Gasteiger partial charge in [-0.25, -0.2) is 0 Å². The van der Waals surface area contributed by atoms with E-state index in [-0.39, 0.29) is 0 Å². The Labute approximate surface area is 125 Å². The van der Waals surface area contributed by atoms with Gasteiger partial charge >= 0.3 is 0 Å². The molecule has 0 saturated carbocycles. The van der Waals surface area contributed by atoms with Gasteiger partial charge in [-0.1, -0.05) is 51.9 Å². The van der Waals surface area contributed by atoms with Crippen molar-refractivity contribution in [2.24, 2.45) is 7.05 Å². The summed E-state index contributed by atoms with van der Waals surface area (Å²) in [5.74, 6) is 0. The summed E-state index contributed by atoms with van der Waals surface area (Å²) in [6, 6.07) is 2.78. The number of hydrogen-bond acceptors (Lipinski definition) is 2. The van der Waals surface area contributed by atoms with Crippen LogP contribution in [0.3, 0.4) is 0 Å². The fourth-order valence-electron chi connectivity index (χ4n) is 2.75. The van der Waals surface area contributed by atoms with Crippen LogP contribution in [0.5, 0.6) is 0 Å². The van der Waals surface area contributed by atoms with Gasteiger partial charge < -0.3 is 5.32 Å². The van der Waals surface area contributed by atoms with Crippen LogP contribution in [0, 0.1) is 0 Å². The van der Waals surface area contributed by atoms with Crippen LogP contribution in [-0.4, -0.2) is 22.9 Å². The number of nitrogens with one attached hydrogen (secondary N) is 1. The summed E-state index contributed by atoms with van der Waals surface area (Å²) in [6.07, 6.45) is 15.3. The monoisotopic (exact) mass is 279 g/mol. The van der Waals surface area contributed by atoms with Crippen LogP contribution in [0.2, 0.25) is 0 Å². The van der Waals surface area contributed by atoms with Crippen molar-refractivity contribution < 1.29 is 0 Å². The van der Waals surface area contributed by atoms with Gasteiger partial charge in [0.25, 0.3) is 0 Å². The fraction of sp³-hybridized carbons (Fsp3) is 0.824. The lowest BCUT2D eigenvalue weighted by Gasteiger charge is -2.16. The molecule has 0 amide bonds. The Balaban J connectivity index is 2.06. The van der Waals surface area contributed by atoms with Gasteiger partial charge in [0.2, 0.25) is 0 Å². The molecular formula is C17H33N3. The molecule has 0 aliphatic carbocycles. The quantitative estimate of drug-likeness (QED) is 0.584. The predicted molar refractivity (Wildman–Crippen MR) is 87.0 cm³/mol. The molecule has 1 heterocycles. The molecule has 1 aromatic rings. The highest BCUT2D eigenvalue weighted by Gasteiger charge is 2.07. The molecule has 1 rings (SSSR count). The summed E-state index contributed by atoms with van der Waals surface area (Å²) >= 11 is 0. The van der Waals surface area contributed by atoms with Crippen LogP contribution >= 0.6 is 0 Å². The molecule has 1 N–H and O–H groups in total. The molecule has 0 saturated heterocycles. The molecule has 20 heavy (non-hydrogen) atoms. The number of aryl methyl sites for hydroxylation is 2. The Hall–Kier alpha value is -0.830. The Bertz CT molecular complexity index is 333. The second-order valence-electron chi connectivity index (χ2n) is 5.88. The van der Waals surface area contributed by atoms with E-state index < -0.39 is 0 Å². The number of aromatic nitrogens is 2. The van der Waals surface area contributed by atoms with E-state index in [1.807, 2.05) is 17.9 Å². The first-order valence-corrected chi connectivity index (χ1v) is 8.42. The number of nitrogens with zero attached hydrogens (tertiary/aromatic N) is 2. The third-order valence-corrected chi connectivity index (χ3v) is 4.24. The maximum Gasteiger partial charge on any atom is 0.0492 e. The molecule has 1 unspecified atom stereocenters. The van der Waals surface area contributed by atoms with Crippen LogP contribution in [-0.2, 0) is 13.5 Å². The van der Waals surface area contributed by atoms with Crippen molar-refractivity contribution in [2.75, 3.05) is 7.05 Å². The molecule has 3 heteroatoms. The molecule has 116 valence electrons. The number of hydrogen-bond donors (Lipinski definition) is 1. The van der Waals surface area contributed by atoms with Crippen molar-refractivity contribution >= 4 is 0 Å². The summed E-state index contributed by atoms with van der Waals surface area (Å²) in [5, 5.41) is 7.69. The highest BCUT2D eigenvalue weighted by molar-refractivity contribution is 5.00. The molecule has 0 aliphatic heterocycles. The molecule has 3 nitrogen and oxygen atoms in total. The van der Waals surface area contributed by atoms with Crippen molar-refractivity contribution in [3.8, 4) is 0 Å². The first-order valence-electron chi connectivity index (χ1n) is 8.42. The zero-order valence-electron chi connectivity index (χ0n) is 13.7. The van der Waals surface area contributed by atoms with Crippen LogP contribution in [0.15, 0.2) is 12.3 Å². The minimum Gasteiger partial charge on any atom is -0.317 e. The average Bonchev–Trinajstić information content (AvgIpc) is 2.86. The SMILES string of the molecule is CCCCCCCCCC(CCc1ccnn1C)NC. The fourth-order valence-corrected chi connectivity index (χ4v) is 2.75. The lowest BCUT2D eigenvalue weighted by atomic mass is 10.0. The average molecular weight is 279 g/mol. The van der Waals surface area contributed by atoms with Gasteiger partial charge in [0.15, 0.2) is 0 Å². The van der Waals surface area contributed by atoms with Crippen LogP contribution in [0.1, 0.15) is 70.4 Å².